The van der Waals surface area contributed by atoms with Crippen molar-refractivity contribution >= 4 is 16.5 Å². The maximum absolute atomic E-state index is 5.65. The van der Waals surface area contributed by atoms with Gasteiger partial charge in [-0.05, 0) is 40.5 Å². The van der Waals surface area contributed by atoms with E-state index in [1.165, 1.54) is 11.3 Å². The van der Waals surface area contributed by atoms with Gasteiger partial charge >= 0.3 is 0 Å². The van der Waals surface area contributed by atoms with Crippen molar-refractivity contribution in [2.75, 3.05) is 25.1 Å². The standard InChI is InChI=1S/C15H27N3OS/c1-14(2,3)17-10-12-9-16-13(20-12)18-8-6-7-15(4,11-18)19-5/h9,17H,6-8,10-11H2,1-5H3. The smallest absolute Gasteiger partial charge is 0.185 e. The lowest BCUT2D eigenvalue weighted by Crippen LogP contribution is -2.47. The Morgan fingerprint density at radius 1 is 1.50 bits per heavy atom. The van der Waals surface area contributed by atoms with Crippen LogP contribution in [0.2, 0.25) is 0 Å². The highest BCUT2D eigenvalue weighted by molar-refractivity contribution is 7.15. The maximum atomic E-state index is 5.65. The van der Waals surface area contributed by atoms with Crippen LogP contribution >= 0.6 is 11.3 Å². The lowest BCUT2D eigenvalue weighted by molar-refractivity contribution is -0.00466. The number of anilines is 1. The number of rotatable bonds is 4. The van der Waals surface area contributed by atoms with Crippen LogP contribution in [0.5, 0.6) is 0 Å². The molecular weight excluding hydrogens is 270 g/mol. The number of piperidine rings is 1. The Kier molecular flexibility index (Phi) is 4.72. The molecule has 1 N–H and O–H groups in total. The van der Waals surface area contributed by atoms with Gasteiger partial charge < -0.3 is 15.0 Å². The summed E-state index contributed by atoms with van der Waals surface area (Å²) >= 11 is 1.79. The first kappa shape index (κ1) is 15.7. The van der Waals surface area contributed by atoms with Gasteiger partial charge in [0.1, 0.15) is 0 Å². The second-order valence-electron chi connectivity index (χ2n) is 6.89. The van der Waals surface area contributed by atoms with Crippen molar-refractivity contribution in [3.05, 3.63) is 11.1 Å². The Labute approximate surface area is 126 Å². The zero-order chi connectivity index (χ0) is 14.8. The van der Waals surface area contributed by atoms with Gasteiger partial charge in [-0.15, -0.1) is 11.3 Å². The zero-order valence-electron chi connectivity index (χ0n) is 13.3. The molecule has 2 heterocycles. The predicted octanol–water partition coefficient (Wildman–Crippen LogP) is 3.04. The van der Waals surface area contributed by atoms with E-state index in [9.17, 15) is 0 Å². The summed E-state index contributed by atoms with van der Waals surface area (Å²) in [5.41, 5.74) is 0.109. The third-order valence-electron chi connectivity index (χ3n) is 3.76. The lowest BCUT2D eigenvalue weighted by Gasteiger charge is -2.39. The molecule has 114 valence electrons. The number of ether oxygens (including phenoxy) is 1. The van der Waals surface area contributed by atoms with Gasteiger partial charge in [-0.3, -0.25) is 0 Å². The number of nitrogens with one attached hydrogen (secondary N) is 1. The summed E-state index contributed by atoms with van der Waals surface area (Å²) in [5, 5.41) is 4.63. The number of thiazole rings is 1. The molecule has 4 nitrogen and oxygen atoms in total. The molecule has 20 heavy (non-hydrogen) atoms. The number of methoxy groups -OCH3 is 1. The van der Waals surface area contributed by atoms with Crippen molar-refractivity contribution in [3.8, 4) is 0 Å². The van der Waals surface area contributed by atoms with Crippen LogP contribution in [0.4, 0.5) is 5.13 Å². The fourth-order valence-electron chi connectivity index (χ4n) is 2.41. The molecule has 1 aliphatic heterocycles. The van der Waals surface area contributed by atoms with Crippen molar-refractivity contribution in [1.82, 2.24) is 10.3 Å². The lowest BCUT2D eigenvalue weighted by atomic mass is 9.95. The van der Waals surface area contributed by atoms with Gasteiger partial charge in [0.25, 0.3) is 0 Å². The summed E-state index contributed by atoms with van der Waals surface area (Å²) in [4.78, 5) is 8.24. The molecule has 1 aliphatic rings. The van der Waals surface area contributed by atoms with E-state index in [0.717, 1.165) is 31.2 Å². The van der Waals surface area contributed by atoms with E-state index in [-0.39, 0.29) is 11.1 Å². The minimum atomic E-state index is -0.0340. The fourth-order valence-corrected chi connectivity index (χ4v) is 3.29. The van der Waals surface area contributed by atoms with Crippen LogP contribution in [-0.2, 0) is 11.3 Å². The maximum Gasteiger partial charge on any atom is 0.185 e. The first-order chi connectivity index (χ1) is 9.31. The van der Waals surface area contributed by atoms with E-state index in [4.69, 9.17) is 4.74 Å². The monoisotopic (exact) mass is 297 g/mol. The van der Waals surface area contributed by atoms with Gasteiger partial charge in [-0.1, -0.05) is 0 Å². The van der Waals surface area contributed by atoms with Crippen LogP contribution < -0.4 is 10.2 Å². The average Bonchev–Trinajstić information content (AvgIpc) is 2.84. The van der Waals surface area contributed by atoms with Crippen molar-refractivity contribution in [1.29, 1.82) is 0 Å². The number of hydrogen-bond donors (Lipinski definition) is 1. The number of hydrogen-bond acceptors (Lipinski definition) is 5. The summed E-state index contributed by atoms with van der Waals surface area (Å²) in [5.74, 6) is 0. The van der Waals surface area contributed by atoms with Crippen molar-refractivity contribution in [3.63, 3.8) is 0 Å². The van der Waals surface area contributed by atoms with E-state index in [2.05, 4.69) is 42.9 Å². The molecule has 5 heteroatoms. The molecule has 0 radical (unpaired) electrons. The van der Waals surface area contributed by atoms with Gasteiger partial charge in [-0.25, -0.2) is 4.98 Å². The molecule has 1 aromatic rings. The molecule has 1 aromatic heterocycles. The van der Waals surface area contributed by atoms with Crippen LogP contribution in [0, 0.1) is 0 Å². The molecule has 0 saturated carbocycles. The van der Waals surface area contributed by atoms with Gasteiger partial charge in [-0.2, -0.15) is 0 Å². The van der Waals surface area contributed by atoms with Gasteiger partial charge in [0.2, 0.25) is 0 Å². The predicted molar refractivity (Wildman–Crippen MR) is 85.6 cm³/mol. The van der Waals surface area contributed by atoms with Crippen LogP contribution in [0.1, 0.15) is 45.4 Å². The molecule has 2 rings (SSSR count). The van der Waals surface area contributed by atoms with E-state index >= 15 is 0 Å². The Balaban J connectivity index is 1.98. The molecule has 0 bridgehead atoms. The molecule has 1 unspecified atom stereocenters. The van der Waals surface area contributed by atoms with Gasteiger partial charge in [0.05, 0.1) is 5.60 Å². The van der Waals surface area contributed by atoms with Crippen LogP contribution in [0.25, 0.3) is 0 Å². The van der Waals surface area contributed by atoms with Crippen LogP contribution in [0.3, 0.4) is 0 Å². The first-order valence-electron chi connectivity index (χ1n) is 7.31. The molecule has 0 aromatic carbocycles. The minimum absolute atomic E-state index is 0.0340. The Morgan fingerprint density at radius 3 is 2.90 bits per heavy atom. The zero-order valence-corrected chi connectivity index (χ0v) is 14.1. The molecule has 0 aliphatic carbocycles. The second kappa shape index (κ2) is 6.00. The molecule has 0 amide bonds. The van der Waals surface area contributed by atoms with Crippen LogP contribution in [-0.4, -0.2) is 36.3 Å². The summed E-state index contributed by atoms with van der Waals surface area (Å²) in [6.45, 7) is 11.6. The first-order valence-corrected chi connectivity index (χ1v) is 8.13. The van der Waals surface area contributed by atoms with Crippen molar-refractivity contribution < 1.29 is 4.74 Å². The van der Waals surface area contributed by atoms with E-state index in [1.54, 1.807) is 11.3 Å². The van der Waals surface area contributed by atoms with E-state index in [1.807, 2.05) is 13.3 Å². The van der Waals surface area contributed by atoms with Crippen molar-refractivity contribution in [2.24, 2.45) is 0 Å². The second-order valence-corrected chi connectivity index (χ2v) is 7.99. The largest absolute Gasteiger partial charge is 0.377 e. The minimum Gasteiger partial charge on any atom is -0.377 e. The van der Waals surface area contributed by atoms with Crippen molar-refractivity contribution in [2.45, 2.75) is 58.2 Å². The Morgan fingerprint density at radius 2 is 2.25 bits per heavy atom. The summed E-state index contributed by atoms with van der Waals surface area (Å²) in [6.07, 6.45) is 4.29. The third-order valence-corrected chi connectivity index (χ3v) is 4.81. The molecular formula is C15H27N3OS. The van der Waals surface area contributed by atoms with Gasteiger partial charge in [0.15, 0.2) is 5.13 Å². The summed E-state index contributed by atoms with van der Waals surface area (Å²) in [7, 11) is 1.81. The molecule has 0 spiro atoms. The Bertz CT molecular complexity index is 441. The topological polar surface area (TPSA) is 37.4 Å². The molecule has 1 saturated heterocycles. The highest BCUT2D eigenvalue weighted by Crippen LogP contribution is 2.30. The SMILES string of the molecule is COC1(C)CCCN(c2ncc(CNC(C)(C)C)s2)C1. The molecule has 1 atom stereocenters. The number of aromatic nitrogens is 1. The van der Waals surface area contributed by atoms with Crippen LogP contribution in [0.15, 0.2) is 6.20 Å². The third kappa shape index (κ3) is 4.17. The van der Waals surface area contributed by atoms with E-state index < -0.39 is 0 Å². The molecule has 1 fully saturated rings. The fraction of sp³-hybridized carbons (Fsp3) is 0.800. The highest BCUT2D eigenvalue weighted by atomic mass is 32.1. The van der Waals surface area contributed by atoms with E-state index in [0.29, 0.717) is 0 Å². The summed E-state index contributed by atoms with van der Waals surface area (Å²) in [6, 6.07) is 0. The normalized spacial score (nSPS) is 24.1. The average molecular weight is 297 g/mol. The number of nitrogens with zero attached hydrogens (tertiary/aromatic N) is 2. The Hall–Kier alpha value is -0.650. The highest BCUT2D eigenvalue weighted by Gasteiger charge is 2.31. The van der Waals surface area contributed by atoms with Gasteiger partial charge in [0, 0.05) is 43.4 Å². The quantitative estimate of drug-likeness (QED) is 0.927. The summed E-state index contributed by atoms with van der Waals surface area (Å²) < 4.78 is 5.65.